The summed E-state index contributed by atoms with van der Waals surface area (Å²) in [6, 6.07) is 0.398. The number of hydrogen-bond acceptors (Lipinski definition) is 3. The Morgan fingerprint density at radius 2 is 1.94 bits per heavy atom. The zero-order chi connectivity index (χ0) is 12.6. The second kappa shape index (κ2) is 8.53. The summed E-state index contributed by atoms with van der Waals surface area (Å²) in [6.07, 6.45) is 1.06. The van der Waals surface area contributed by atoms with Crippen molar-refractivity contribution in [3.8, 4) is 0 Å². The van der Waals surface area contributed by atoms with Gasteiger partial charge >= 0.3 is 0 Å². The molecule has 0 aliphatic heterocycles. The van der Waals surface area contributed by atoms with Crippen LogP contribution >= 0.6 is 0 Å². The minimum Gasteiger partial charge on any atom is -0.353 e. The second-order valence-corrected chi connectivity index (χ2v) is 4.76. The standard InChI is InChI=1S/C12H27N3O/c1-6-7-13-9-12(16)14-8-11(10(2)3)15(4)5/h10-11,13H,6-9H2,1-5H3,(H,14,16). The maximum absolute atomic E-state index is 11.5. The van der Waals surface area contributed by atoms with E-state index in [1.807, 2.05) is 14.1 Å². The molecule has 0 aromatic heterocycles. The topological polar surface area (TPSA) is 44.4 Å². The van der Waals surface area contributed by atoms with Crippen LogP contribution in [0.1, 0.15) is 27.2 Å². The van der Waals surface area contributed by atoms with E-state index in [4.69, 9.17) is 0 Å². The van der Waals surface area contributed by atoms with Crippen LogP contribution in [-0.4, -0.2) is 50.6 Å². The van der Waals surface area contributed by atoms with Gasteiger partial charge in [-0.15, -0.1) is 0 Å². The maximum Gasteiger partial charge on any atom is 0.234 e. The van der Waals surface area contributed by atoms with E-state index in [9.17, 15) is 4.79 Å². The van der Waals surface area contributed by atoms with Crippen LogP contribution in [0.3, 0.4) is 0 Å². The van der Waals surface area contributed by atoms with Gasteiger partial charge in [0.15, 0.2) is 0 Å². The minimum atomic E-state index is 0.0842. The van der Waals surface area contributed by atoms with E-state index in [-0.39, 0.29) is 5.91 Å². The number of carbonyl (C=O) groups excluding carboxylic acids is 1. The van der Waals surface area contributed by atoms with Crippen LogP contribution in [0.2, 0.25) is 0 Å². The van der Waals surface area contributed by atoms with E-state index in [2.05, 4.69) is 36.3 Å². The number of carbonyl (C=O) groups is 1. The van der Waals surface area contributed by atoms with E-state index in [0.29, 0.717) is 18.5 Å². The predicted molar refractivity (Wildman–Crippen MR) is 68.5 cm³/mol. The third-order valence-electron chi connectivity index (χ3n) is 2.65. The van der Waals surface area contributed by atoms with Gasteiger partial charge in [-0.1, -0.05) is 20.8 Å². The second-order valence-electron chi connectivity index (χ2n) is 4.76. The number of hydrogen-bond donors (Lipinski definition) is 2. The predicted octanol–water partition coefficient (Wildman–Crippen LogP) is 0.688. The number of amides is 1. The highest BCUT2D eigenvalue weighted by Gasteiger charge is 2.16. The molecule has 0 bridgehead atoms. The number of nitrogens with zero attached hydrogens (tertiary/aromatic N) is 1. The third-order valence-corrected chi connectivity index (χ3v) is 2.65. The summed E-state index contributed by atoms with van der Waals surface area (Å²) >= 11 is 0. The highest BCUT2D eigenvalue weighted by Crippen LogP contribution is 2.05. The molecule has 16 heavy (non-hydrogen) atoms. The molecule has 4 nitrogen and oxygen atoms in total. The molecule has 0 aliphatic carbocycles. The van der Waals surface area contributed by atoms with Gasteiger partial charge in [0.1, 0.15) is 0 Å². The molecular formula is C12H27N3O. The normalized spacial score (nSPS) is 13.2. The average Bonchev–Trinajstić information content (AvgIpc) is 2.17. The van der Waals surface area contributed by atoms with Crippen molar-refractivity contribution in [3.05, 3.63) is 0 Å². The van der Waals surface area contributed by atoms with Gasteiger partial charge in [0.05, 0.1) is 6.54 Å². The molecule has 0 aromatic rings. The van der Waals surface area contributed by atoms with Gasteiger partial charge in [-0.25, -0.2) is 0 Å². The van der Waals surface area contributed by atoms with Crippen molar-refractivity contribution in [1.29, 1.82) is 0 Å². The number of likely N-dealkylation sites (N-methyl/N-ethyl adjacent to an activating group) is 1. The molecule has 0 aromatic carbocycles. The summed E-state index contributed by atoms with van der Waals surface area (Å²) in [5.74, 6) is 0.625. The zero-order valence-corrected chi connectivity index (χ0v) is 11.3. The maximum atomic E-state index is 11.5. The Morgan fingerprint density at radius 3 is 2.38 bits per heavy atom. The van der Waals surface area contributed by atoms with Crippen molar-refractivity contribution in [1.82, 2.24) is 15.5 Å². The van der Waals surface area contributed by atoms with Crippen LogP contribution in [0.25, 0.3) is 0 Å². The van der Waals surface area contributed by atoms with Gasteiger partial charge in [-0.3, -0.25) is 4.79 Å². The summed E-state index contributed by atoms with van der Waals surface area (Å²) in [5, 5.41) is 6.05. The summed E-state index contributed by atoms with van der Waals surface area (Å²) in [6.45, 7) is 8.47. The molecule has 0 heterocycles. The zero-order valence-electron chi connectivity index (χ0n) is 11.3. The quantitative estimate of drug-likeness (QED) is 0.602. The fourth-order valence-corrected chi connectivity index (χ4v) is 1.67. The molecule has 1 atom stereocenters. The van der Waals surface area contributed by atoms with Crippen molar-refractivity contribution in [3.63, 3.8) is 0 Å². The molecule has 0 saturated heterocycles. The highest BCUT2D eigenvalue weighted by molar-refractivity contribution is 5.77. The fourth-order valence-electron chi connectivity index (χ4n) is 1.67. The van der Waals surface area contributed by atoms with Gasteiger partial charge in [0.2, 0.25) is 5.91 Å². The van der Waals surface area contributed by atoms with E-state index < -0.39 is 0 Å². The Morgan fingerprint density at radius 1 is 1.31 bits per heavy atom. The lowest BCUT2D eigenvalue weighted by Crippen LogP contribution is -2.45. The van der Waals surface area contributed by atoms with Crippen LogP contribution in [0, 0.1) is 5.92 Å². The molecule has 2 N–H and O–H groups in total. The Hall–Kier alpha value is -0.610. The number of nitrogens with one attached hydrogen (secondary N) is 2. The lowest BCUT2D eigenvalue weighted by atomic mass is 10.0. The first-order valence-corrected chi connectivity index (χ1v) is 6.12. The van der Waals surface area contributed by atoms with Gasteiger partial charge < -0.3 is 15.5 Å². The SMILES string of the molecule is CCCNCC(=O)NCC(C(C)C)N(C)C. The molecule has 4 heteroatoms. The van der Waals surface area contributed by atoms with Gasteiger partial charge in [0.25, 0.3) is 0 Å². The highest BCUT2D eigenvalue weighted by atomic mass is 16.1. The average molecular weight is 229 g/mol. The molecule has 0 rings (SSSR count). The molecule has 0 saturated carbocycles. The van der Waals surface area contributed by atoms with E-state index >= 15 is 0 Å². The largest absolute Gasteiger partial charge is 0.353 e. The monoisotopic (exact) mass is 229 g/mol. The summed E-state index contributed by atoms with van der Waals surface area (Å²) in [5.41, 5.74) is 0. The van der Waals surface area contributed by atoms with E-state index in [0.717, 1.165) is 19.5 Å². The first-order chi connectivity index (χ1) is 7.49. The Balaban J connectivity index is 3.79. The number of rotatable bonds is 8. The molecule has 0 spiro atoms. The van der Waals surface area contributed by atoms with Crippen molar-refractivity contribution < 1.29 is 4.79 Å². The van der Waals surface area contributed by atoms with Gasteiger partial charge in [-0.05, 0) is 33.0 Å². The Bertz CT molecular complexity index is 185. The summed E-state index contributed by atoms with van der Waals surface area (Å²) in [4.78, 5) is 13.6. The molecular weight excluding hydrogens is 202 g/mol. The molecule has 0 fully saturated rings. The van der Waals surface area contributed by atoms with Crippen molar-refractivity contribution in [2.24, 2.45) is 5.92 Å². The van der Waals surface area contributed by atoms with Crippen LogP contribution in [-0.2, 0) is 4.79 Å². The van der Waals surface area contributed by atoms with Crippen molar-refractivity contribution in [2.75, 3.05) is 33.7 Å². The molecule has 96 valence electrons. The molecule has 1 amide bonds. The molecule has 0 aliphatic rings. The van der Waals surface area contributed by atoms with E-state index in [1.54, 1.807) is 0 Å². The van der Waals surface area contributed by atoms with Crippen LogP contribution < -0.4 is 10.6 Å². The lowest BCUT2D eigenvalue weighted by molar-refractivity contribution is -0.120. The lowest BCUT2D eigenvalue weighted by Gasteiger charge is -2.28. The van der Waals surface area contributed by atoms with Crippen molar-refractivity contribution in [2.45, 2.75) is 33.2 Å². The third kappa shape index (κ3) is 6.80. The van der Waals surface area contributed by atoms with Gasteiger partial charge in [-0.2, -0.15) is 0 Å². The van der Waals surface area contributed by atoms with Gasteiger partial charge in [0, 0.05) is 12.6 Å². The van der Waals surface area contributed by atoms with E-state index in [1.165, 1.54) is 0 Å². The first-order valence-electron chi connectivity index (χ1n) is 6.12. The smallest absolute Gasteiger partial charge is 0.234 e. The summed E-state index contributed by atoms with van der Waals surface area (Å²) in [7, 11) is 4.10. The van der Waals surface area contributed by atoms with Crippen LogP contribution in [0.4, 0.5) is 0 Å². The minimum absolute atomic E-state index is 0.0842. The van der Waals surface area contributed by atoms with Crippen LogP contribution in [0.5, 0.6) is 0 Å². The Labute approximate surface area is 99.8 Å². The fraction of sp³-hybridized carbons (Fsp3) is 0.917. The Kier molecular flexibility index (Phi) is 8.21. The molecule has 0 radical (unpaired) electrons. The first kappa shape index (κ1) is 15.4. The van der Waals surface area contributed by atoms with Crippen molar-refractivity contribution >= 4 is 5.91 Å². The summed E-state index contributed by atoms with van der Waals surface area (Å²) < 4.78 is 0. The molecule has 1 unspecified atom stereocenters. The van der Waals surface area contributed by atoms with Crippen LogP contribution in [0.15, 0.2) is 0 Å².